The van der Waals surface area contributed by atoms with E-state index in [2.05, 4.69) is 9.44 Å². The van der Waals surface area contributed by atoms with E-state index in [1.165, 1.54) is 0 Å². The van der Waals surface area contributed by atoms with Crippen molar-refractivity contribution in [2.45, 2.75) is 28.5 Å². The van der Waals surface area contributed by atoms with Gasteiger partial charge in [-0.3, -0.25) is 14.2 Å². The average Bonchev–Trinajstić information content (AvgIpc) is 3.10. The van der Waals surface area contributed by atoms with Gasteiger partial charge in [-0.05, 0) is 73.1 Å². The summed E-state index contributed by atoms with van der Waals surface area (Å²) >= 11 is 0.789. The highest BCUT2D eigenvalue weighted by Gasteiger charge is 2.34. The molecule has 4 aromatic carbocycles. The van der Waals surface area contributed by atoms with Crippen LogP contribution in [0.15, 0.2) is 87.5 Å². The molecule has 0 aliphatic carbocycles. The second-order valence-electron chi connectivity index (χ2n) is 8.27. The van der Waals surface area contributed by atoms with Gasteiger partial charge >= 0.3 is 0 Å². The smallest absolute Gasteiger partial charge is 0.263 e. The van der Waals surface area contributed by atoms with Crippen molar-refractivity contribution in [3.05, 3.63) is 89.5 Å². The molecule has 0 unspecified atom stereocenters. The number of carbonyl (C=O) groups is 1. The third-order valence-corrected chi connectivity index (χ3v) is 9.57. The van der Waals surface area contributed by atoms with Gasteiger partial charge in [0.15, 0.2) is 0 Å². The van der Waals surface area contributed by atoms with Crippen LogP contribution in [0.25, 0.3) is 10.8 Å². The fraction of sp³-hybridized carbons (Fsp3) is 0.0800. The Labute approximate surface area is 207 Å². The summed E-state index contributed by atoms with van der Waals surface area (Å²) < 4.78 is 59.1. The average molecular weight is 525 g/mol. The molecule has 0 atom stereocenters. The van der Waals surface area contributed by atoms with Gasteiger partial charge in [0.25, 0.3) is 20.0 Å². The van der Waals surface area contributed by atoms with Gasteiger partial charge in [-0.1, -0.05) is 36.4 Å². The molecule has 0 fully saturated rings. The van der Waals surface area contributed by atoms with Gasteiger partial charge in [0, 0.05) is 32.6 Å². The number of hydrogen-bond donors (Lipinski definition) is 2. The number of hydrogen-bond acceptors (Lipinski definition) is 6. The zero-order valence-electron chi connectivity index (χ0n) is 18.7. The molecule has 0 aromatic heterocycles. The van der Waals surface area contributed by atoms with Crippen molar-refractivity contribution in [3.8, 4) is 0 Å². The van der Waals surface area contributed by atoms with Crippen LogP contribution in [0.3, 0.4) is 0 Å². The summed E-state index contributed by atoms with van der Waals surface area (Å²) in [4.78, 5) is 12.4. The third kappa shape index (κ3) is 4.29. The molecule has 0 saturated heterocycles. The van der Waals surface area contributed by atoms with E-state index in [9.17, 15) is 21.6 Å². The molecule has 2 N–H and O–H groups in total. The summed E-state index contributed by atoms with van der Waals surface area (Å²) in [5.41, 5.74) is 2.68. The number of sulfonamides is 2. The zero-order valence-corrected chi connectivity index (χ0v) is 21.1. The largest absolute Gasteiger partial charge is 0.281 e. The quantitative estimate of drug-likeness (QED) is 0.354. The van der Waals surface area contributed by atoms with Crippen LogP contribution >= 0.6 is 11.8 Å². The first-order chi connectivity index (χ1) is 16.5. The molecular formula is C25H20N2O5S3. The van der Waals surface area contributed by atoms with E-state index < -0.39 is 20.0 Å². The van der Waals surface area contributed by atoms with E-state index in [1.807, 2.05) is 26.0 Å². The number of aryl methyl sites for hydroxylation is 2. The Morgan fingerprint density at radius 1 is 0.686 bits per heavy atom. The van der Waals surface area contributed by atoms with E-state index in [1.54, 1.807) is 54.6 Å². The molecule has 4 aromatic rings. The topological polar surface area (TPSA) is 109 Å². The number of carbonyl (C=O) groups excluding carboxylic acids is 1. The first kappa shape index (κ1) is 23.4. The van der Waals surface area contributed by atoms with Gasteiger partial charge in [0.2, 0.25) is 5.12 Å². The highest BCUT2D eigenvalue weighted by molar-refractivity contribution is 8.15. The van der Waals surface area contributed by atoms with Gasteiger partial charge in [-0.15, -0.1) is 0 Å². The monoisotopic (exact) mass is 524 g/mol. The summed E-state index contributed by atoms with van der Waals surface area (Å²) in [7, 11) is -8.44. The van der Waals surface area contributed by atoms with Crippen molar-refractivity contribution in [3.63, 3.8) is 0 Å². The fourth-order valence-corrected chi connectivity index (χ4v) is 7.99. The van der Waals surface area contributed by atoms with Crippen LogP contribution in [0, 0.1) is 13.8 Å². The highest BCUT2D eigenvalue weighted by Crippen LogP contribution is 2.46. The van der Waals surface area contributed by atoms with Crippen molar-refractivity contribution in [2.75, 3.05) is 9.44 Å². The molecule has 0 radical (unpaired) electrons. The zero-order chi connectivity index (χ0) is 25.0. The minimum Gasteiger partial charge on any atom is -0.281 e. The number of thioether (sulfide) groups is 1. The van der Waals surface area contributed by atoms with E-state index in [4.69, 9.17) is 0 Å². The summed E-state index contributed by atoms with van der Waals surface area (Å²) in [5.74, 6) is 0. The van der Waals surface area contributed by atoms with Gasteiger partial charge in [-0.2, -0.15) is 0 Å². The molecule has 7 nitrogen and oxygen atoms in total. The molecule has 0 bridgehead atoms. The Bertz CT molecular complexity index is 1750. The molecule has 0 saturated carbocycles. The van der Waals surface area contributed by atoms with E-state index >= 15 is 0 Å². The lowest BCUT2D eigenvalue weighted by molar-refractivity contribution is 0.109. The maximum absolute atomic E-state index is 13.5. The van der Waals surface area contributed by atoms with Crippen molar-refractivity contribution in [1.82, 2.24) is 0 Å². The summed E-state index contributed by atoms with van der Waals surface area (Å²) in [5, 5.41) is 0.267. The molecule has 10 heteroatoms. The molecule has 5 rings (SSSR count). The number of benzene rings is 4. The van der Waals surface area contributed by atoms with E-state index in [0.717, 1.165) is 29.0 Å². The van der Waals surface area contributed by atoms with E-state index in [-0.39, 0.29) is 30.8 Å². The van der Waals surface area contributed by atoms with Crippen molar-refractivity contribution in [2.24, 2.45) is 0 Å². The maximum Gasteiger partial charge on any atom is 0.263 e. The number of anilines is 2. The summed E-state index contributed by atoms with van der Waals surface area (Å²) in [6.07, 6.45) is 0. The first-order valence-corrected chi connectivity index (χ1v) is 14.3. The predicted octanol–water partition coefficient (Wildman–Crippen LogP) is 5.30. The Balaban J connectivity index is 1.72. The molecular weight excluding hydrogens is 504 g/mol. The predicted molar refractivity (Wildman–Crippen MR) is 138 cm³/mol. The summed E-state index contributed by atoms with van der Waals surface area (Å²) in [6, 6.07) is 19.5. The van der Waals surface area contributed by atoms with Crippen LogP contribution in [0.1, 0.15) is 21.5 Å². The number of nitrogens with one attached hydrogen (secondary N) is 2. The van der Waals surface area contributed by atoms with Crippen LogP contribution in [-0.4, -0.2) is 22.0 Å². The van der Waals surface area contributed by atoms with Crippen molar-refractivity contribution in [1.29, 1.82) is 0 Å². The molecule has 1 aliphatic rings. The lowest BCUT2D eigenvalue weighted by atomic mass is 10.1. The molecule has 178 valence electrons. The molecule has 0 amide bonds. The van der Waals surface area contributed by atoms with Gasteiger partial charge < -0.3 is 0 Å². The minimum atomic E-state index is -4.23. The SMILES string of the molecule is Cc1cccc(NS(=O)(=O)c2cc(S(=O)(=O)Nc3cccc(C)c3)c3cccc4c3c2SC4=O)c1. The van der Waals surface area contributed by atoms with Crippen molar-refractivity contribution >= 4 is 59.1 Å². The Morgan fingerprint density at radius 3 is 1.80 bits per heavy atom. The van der Waals surface area contributed by atoms with Crippen LogP contribution in [0.4, 0.5) is 11.4 Å². The fourth-order valence-electron chi connectivity index (χ4n) is 4.07. The van der Waals surface area contributed by atoms with Gasteiger partial charge in [-0.25, -0.2) is 16.8 Å². The Morgan fingerprint density at radius 2 is 1.23 bits per heavy atom. The van der Waals surface area contributed by atoms with E-state index in [0.29, 0.717) is 16.8 Å². The van der Waals surface area contributed by atoms with Crippen LogP contribution in [-0.2, 0) is 20.0 Å². The molecule has 1 heterocycles. The third-order valence-electron chi connectivity index (χ3n) is 5.58. The van der Waals surface area contributed by atoms with Gasteiger partial charge in [0.1, 0.15) is 4.90 Å². The van der Waals surface area contributed by atoms with Crippen molar-refractivity contribution < 1.29 is 21.6 Å². The summed E-state index contributed by atoms with van der Waals surface area (Å²) in [6.45, 7) is 3.66. The van der Waals surface area contributed by atoms with Gasteiger partial charge in [0.05, 0.1) is 4.90 Å². The standard InChI is InChI=1S/C25H20N2O5S3/c1-15-6-3-8-17(12-15)26-34(29,30)21-14-22(35(31,32)27-18-9-4-7-16(2)13-18)24-23-19(21)10-5-11-20(23)25(28)33-24/h3-14,26-27H,1-2H3. The van der Waals surface area contributed by atoms with Crippen LogP contribution < -0.4 is 9.44 Å². The first-order valence-electron chi connectivity index (χ1n) is 10.6. The molecule has 35 heavy (non-hydrogen) atoms. The molecule has 0 spiro atoms. The second-order valence-corrected chi connectivity index (χ2v) is 12.6. The Kier molecular flexibility index (Phi) is 5.62. The highest BCUT2D eigenvalue weighted by atomic mass is 32.2. The lowest BCUT2D eigenvalue weighted by Crippen LogP contribution is -2.17. The lowest BCUT2D eigenvalue weighted by Gasteiger charge is -2.16. The maximum atomic E-state index is 13.5. The molecule has 1 aliphatic heterocycles. The second kappa shape index (κ2) is 8.40. The minimum absolute atomic E-state index is 0.218. The van der Waals surface area contributed by atoms with Crippen LogP contribution in [0.5, 0.6) is 0 Å². The van der Waals surface area contributed by atoms with Crippen LogP contribution in [0.2, 0.25) is 0 Å². The Hall–Kier alpha value is -3.34. The number of rotatable bonds is 6. The normalized spacial score (nSPS) is 13.3.